The number of ketones is 1. The minimum atomic E-state index is -0.505. The highest BCUT2D eigenvalue weighted by atomic mass is 16.6. The zero-order valence-corrected chi connectivity index (χ0v) is 15.4. The molecule has 0 aromatic rings. The summed E-state index contributed by atoms with van der Waals surface area (Å²) in [6.07, 6.45) is 5.82. The van der Waals surface area contributed by atoms with E-state index in [9.17, 15) is 14.4 Å². The molecule has 0 saturated carbocycles. The van der Waals surface area contributed by atoms with Gasteiger partial charge in [-0.15, -0.1) is 0 Å². The lowest BCUT2D eigenvalue weighted by molar-refractivity contribution is -0.120. The Morgan fingerprint density at radius 3 is 2.21 bits per heavy atom. The Labute approximate surface area is 144 Å². The molecule has 134 valence electrons. The van der Waals surface area contributed by atoms with Crippen molar-refractivity contribution in [2.45, 2.75) is 59.5 Å². The molecule has 1 rings (SSSR count). The summed E-state index contributed by atoms with van der Waals surface area (Å²) in [6.45, 7) is 10.3. The maximum Gasteiger partial charge on any atom is 0.410 e. The number of piperidine rings is 1. The quantitative estimate of drug-likeness (QED) is 0.437. The van der Waals surface area contributed by atoms with Crippen LogP contribution in [-0.4, -0.2) is 41.8 Å². The van der Waals surface area contributed by atoms with Gasteiger partial charge in [-0.05, 0) is 53.0 Å². The third kappa shape index (κ3) is 6.69. The van der Waals surface area contributed by atoms with Crippen molar-refractivity contribution >= 4 is 18.2 Å². The van der Waals surface area contributed by atoms with Crippen LogP contribution >= 0.6 is 0 Å². The highest BCUT2D eigenvalue weighted by Crippen LogP contribution is 2.23. The van der Waals surface area contributed by atoms with E-state index in [0.29, 0.717) is 37.9 Å². The van der Waals surface area contributed by atoms with Crippen LogP contribution in [0.15, 0.2) is 23.3 Å². The smallest absolute Gasteiger partial charge is 0.410 e. The third-order valence-electron chi connectivity index (χ3n) is 3.93. The van der Waals surface area contributed by atoms with Crippen molar-refractivity contribution in [1.29, 1.82) is 0 Å². The molecule has 5 heteroatoms. The van der Waals surface area contributed by atoms with Crippen LogP contribution in [0.5, 0.6) is 0 Å². The van der Waals surface area contributed by atoms with E-state index < -0.39 is 5.60 Å². The van der Waals surface area contributed by atoms with Crippen LogP contribution in [0.2, 0.25) is 0 Å². The molecule has 0 aliphatic carbocycles. The Kier molecular flexibility index (Phi) is 7.39. The molecule has 1 fully saturated rings. The SMILES string of the molecule is C/C(=C/C=C(\C)C(=O)C1CCN(C(=O)OC(C)(C)C)CC1)CC=O. The van der Waals surface area contributed by atoms with Gasteiger partial charge in [-0.2, -0.15) is 0 Å². The summed E-state index contributed by atoms with van der Waals surface area (Å²) in [5.41, 5.74) is 1.11. The second-order valence-corrected chi connectivity index (χ2v) is 7.34. The molecule has 1 heterocycles. The predicted octanol–water partition coefficient (Wildman–Crippen LogP) is 3.68. The number of amides is 1. The number of aldehydes is 1. The Balaban J connectivity index is 2.56. The monoisotopic (exact) mass is 335 g/mol. The number of Topliss-reactive ketones (excluding diaryl/α,β-unsaturated/α-hetero) is 1. The number of allylic oxidation sites excluding steroid dienone is 4. The Morgan fingerprint density at radius 2 is 1.71 bits per heavy atom. The summed E-state index contributed by atoms with van der Waals surface area (Å²) in [7, 11) is 0. The molecule has 0 spiro atoms. The van der Waals surface area contributed by atoms with Crippen molar-refractivity contribution in [3.8, 4) is 0 Å². The first-order chi connectivity index (χ1) is 11.1. The number of carbonyl (C=O) groups excluding carboxylic acids is 3. The molecule has 0 atom stereocenters. The fourth-order valence-electron chi connectivity index (χ4n) is 2.52. The van der Waals surface area contributed by atoms with Crippen LogP contribution in [-0.2, 0) is 14.3 Å². The number of hydrogen-bond donors (Lipinski definition) is 0. The van der Waals surface area contributed by atoms with Crippen LogP contribution < -0.4 is 0 Å². The number of likely N-dealkylation sites (tertiary alicyclic amines) is 1. The first-order valence-corrected chi connectivity index (χ1v) is 8.44. The summed E-state index contributed by atoms with van der Waals surface area (Å²) in [6, 6.07) is 0. The molecule has 1 aliphatic rings. The van der Waals surface area contributed by atoms with Gasteiger partial charge in [0.05, 0.1) is 0 Å². The summed E-state index contributed by atoms with van der Waals surface area (Å²) >= 11 is 0. The molecule has 24 heavy (non-hydrogen) atoms. The van der Waals surface area contributed by atoms with Crippen molar-refractivity contribution in [2.75, 3.05) is 13.1 Å². The minimum Gasteiger partial charge on any atom is -0.444 e. The van der Waals surface area contributed by atoms with E-state index in [-0.39, 0.29) is 17.8 Å². The van der Waals surface area contributed by atoms with E-state index >= 15 is 0 Å². The fraction of sp³-hybridized carbons (Fsp3) is 0.632. The minimum absolute atomic E-state index is 0.0558. The maximum absolute atomic E-state index is 12.5. The number of nitrogens with zero attached hydrogens (tertiary/aromatic N) is 1. The fourth-order valence-corrected chi connectivity index (χ4v) is 2.52. The zero-order valence-electron chi connectivity index (χ0n) is 15.4. The van der Waals surface area contributed by atoms with Crippen LogP contribution in [0.25, 0.3) is 0 Å². The number of rotatable bonds is 5. The van der Waals surface area contributed by atoms with Crippen LogP contribution in [0.4, 0.5) is 4.79 Å². The third-order valence-corrected chi connectivity index (χ3v) is 3.93. The van der Waals surface area contributed by atoms with E-state index in [1.165, 1.54) is 0 Å². The standard InChI is InChI=1S/C19H29NO4/c1-14(10-13-21)6-7-15(2)17(22)16-8-11-20(12-9-16)18(23)24-19(3,4)5/h6-7,13,16H,8-12H2,1-5H3/b14-6-,15-7+. The molecule has 0 N–H and O–H groups in total. The van der Waals surface area contributed by atoms with E-state index in [0.717, 1.165) is 11.9 Å². The normalized spacial score (nSPS) is 17.6. The molecule has 0 bridgehead atoms. The second kappa shape index (κ2) is 8.81. The van der Waals surface area contributed by atoms with Gasteiger partial charge in [0.25, 0.3) is 0 Å². The summed E-state index contributed by atoms with van der Waals surface area (Å²) in [5.74, 6) is 0.0636. The molecule has 1 amide bonds. The van der Waals surface area contributed by atoms with Crippen molar-refractivity contribution < 1.29 is 19.1 Å². The van der Waals surface area contributed by atoms with Gasteiger partial charge in [-0.25, -0.2) is 4.79 Å². The average Bonchev–Trinajstić information content (AvgIpc) is 2.50. The van der Waals surface area contributed by atoms with Gasteiger partial charge in [-0.3, -0.25) is 4.79 Å². The van der Waals surface area contributed by atoms with Crippen LogP contribution in [0, 0.1) is 5.92 Å². The summed E-state index contributed by atoms with van der Waals surface area (Å²) < 4.78 is 5.36. The molecule has 1 aliphatic heterocycles. The molecule has 0 radical (unpaired) electrons. The molecular weight excluding hydrogens is 306 g/mol. The lowest BCUT2D eigenvalue weighted by atomic mass is 9.89. The van der Waals surface area contributed by atoms with Gasteiger partial charge in [-0.1, -0.05) is 17.7 Å². The van der Waals surface area contributed by atoms with Gasteiger partial charge in [0.15, 0.2) is 5.78 Å². The van der Waals surface area contributed by atoms with Gasteiger partial charge in [0, 0.05) is 25.4 Å². The van der Waals surface area contributed by atoms with Crippen molar-refractivity contribution in [1.82, 2.24) is 4.90 Å². The van der Waals surface area contributed by atoms with Crippen LogP contribution in [0.3, 0.4) is 0 Å². The summed E-state index contributed by atoms with van der Waals surface area (Å²) in [5, 5.41) is 0. The number of carbonyl (C=O) groups is 3. The van der Waals surface area contributed by atoms with Crippen LogP contribution in [0.1, 0.15) is 53.9 Å². The van der Waals surface area contributed by atoms with E-state index in [2.05, 4.69) is 0 Å². The largest absolute Gasteiger partial charge is 0.444 e. The molecule has 1 saturated heterocycles. The van der Waals surface area contributed by atoms with Gasteiger partial charge < -0.3 is 14.4 Å². The number of hydrogen-bond acceptors (Lipinski definition) is 4. The van der Waals surface area contributed by atoms with Gasteiger partial charge in [0.2, 0.25) is 0 Å². The zero-order chi connectivity index (χ0) is 18.3. The molecule has 5 nitrogen and oxygen atoms in total. The van der Waals surface area contributed by atoms with Crippen molar-refractivity contribution in [3.05, 3.63) is 23.3 Å². The lowest BCUT2D eigenvalue weighted by Crippen LogP contribution is -2.43. The van der Waals surface area contributed by atoms with E-state index in [1.807, 2.05) is 33.8 Å². The number of ether oxygens (including phenoxy) is 1. The van der Waals surface area contributed by atoms with Gasteiger partial charge >= 0.3 is 6.09 Å². The average molecular weight is 335 g/mol. The Morgan fingerprint density at radius 1 is 1.12 bits per heavy atom. The maximum atomic E-state index is 12.5. The highest BCUT2D eigenvalue weighted by molar-refractivity contribution is 5.97. The Bertz CT molecular complexity index is 532. The van der Waals surface area contributed by atoms with Crippen molar-refractivity contribution in [2.24, 2.45) is 5.92 Å². The summed E-state index contributed by atoms with van der Waals surface area (Å²) in [4.78, 5) is 36.6. The second-order valence-electron chi connectivity index (χ2n) is 7.34. The first kappa shape index (κ1) is 20.1. The lowest BCUT2D eigenvalue weighted by Gasteiger charge is -2.33. The van der Waals surface area contributed by atoms with E-state index in [4.69, 9.17) is 4.74 Å². The first-order valence-electron chi connectivity index (χ1n) is 8.44. The molecule has 0 aromatic carbocycles. The van der Waals surface area contributed by atoms with Crippen molar-refractivity contribution in [3.63, 3.8) is 0 Å². The molecule has 0 unspecified atom stereocenters. The molecule has 0 aromatic heterocycles. The Hall–Kier alpha value is -1.91. The van der Waals surface area contributed by atoms with Gasteiger partial charge in [0.1, 0.15) is 11.9 Å². The topological polar surface area (TPSA) is 63.7 Å². The molecular formula is C19H29NO4. The van der Waals surface area contributed by atoms with E-state index in [1.54, 1.807) is 17.9 Å². The predicted molar refractivity (Wildman–Crippen MR) is 93.7 cm³/mol. The highest BCUT2D eigenvalue weighted by Gasteiger charge is 2.30.